The summed E-state index contributed by atoms with van der Waals surface area (Å²) >= 11 is 1.38. The van der Waals surface area contributed by atoms with Crippen molar-refractivity contribution in [3.63, 3.8) is 0 Å². The van der Waals surface area contributed by atoms with Gasteiger partial charge in [0.1, 0.15) is 10.8 Å². The van der Waals surface area contributed by atoms with Gasteiger partial charge in [-0.3, -0.25) is 4.79 Å². The van der Waals surface area contributed by atoms with E-state index in [-0.39, 0.29) is 12.4 Å². The number of amides is 1. The van der Waals surface area contributed by atoms with Gasteiger partial charge in [-0.2, -0.15) is 0 Å². The first-order chi connectivity index (χ1) is 15.0. The number of esters is 1. The first-order valence-electron chi connectivity index (χ1n) is 10.2. The summed E-state index contributed by atoms with van der Waals surface area (Å²) in [5.41, 5.74) is 2.12. The Labute approximate surface area is 186 Å². The van der Waals surface area contributed by atoms with Crippen molar-refractivity contribution in [1.29, 1.82) is 0 Å². The van der Waals surface area contributed by atoms with Gasteiger partial charge >= 0.3 is 12.1 Å². The highest BCUT2D eigenvalue weighted by atomic mass is 32.1. The Bertz CT molecular complexity index is 986. The number of nitrogens with one attached hydrogen (secondary N) is 1. The smallest absolute Gasteiger partial charge is 0.410 e. The Kier molecular flexibility index (Phi) is 8.18. The monoisotopic (exact) mass is 437 g/mol. The lowest BCUT2D eigenvalue weighted by molar-refractivity contribution is -0.138. The van der Waals surface area contributed by atoms with E-state index in [1.54, 1.807) is 30.5 Å². The van der Waals surface area contributed by atoms with Crippen molar-refractivity contribution in [1.82, 2.24) is 10.3 Å². The van der Waals surface area contributed by atoms with Gasteiger partial charge in [0.2, 0.25) is 5.88 Å². The van der Waals surface area contributed by atoms with E-state index in [9.17, 15) is 9.59 Å². The molecule has 1 amide bonds. The van der Waals surface area contributed by atoms with E-state index < -0.39 is 18.0 Å². The maximum Gasteiger partial charge on any atom is 0.412 e. The summed E-state index contributed by atoms with van der Waals surface area (Å²) in [6, 6.07) is 17.8. The normalized spacial score (nSPS) is 11.5. The average molecular weight is 438 g/mol. The van der Waals surface area contributed by atoms with Gasteiger partial charge in [0.25, 0.3) is 0 Å². The third-order valence-corrected chi connectivity index (χ3v) is 5.42. The molecule has 0 aliphatic heterocycles. The first kappa shape index (κ1) is 22.5. The molecule has 0 aliphatic carbocycles. The number of hydrogen-bond acceptors (Lipinski definition) is 6. The molecule has 1 heterocycles. The molecule has 31 heavy (non-hydrogen) atoms. The van der Waals surface area contributed by atoms with Gasteiger partial charge in [0.05, 0.1) is 11.3 Å². The molecule has 3 rings (SSSR count). The van der Waals surface area contributed by atoms with Crippen molar-refractivity contribution in [3.05, 3.63) is 65.5 Å². The third-order valence-electron chi connectivity index (χ3n) is 4.55. The van der Waals surface area contributed by atoms with Gasteiger partial charge in [-0.05, 0) is 42.7 Å². The van der Waals surface area contributed by atoms with Gasteiger partial charge in [0.15, 0.2) is 0 Å². The van der Waals surface area contributed by atoms with Gasteiger partial charge < -0.3 is 14.8 Å². The van der Waals surface area contributed by atoms with Crippen LogP contribution in [0.5, 0.6) is 11.6 Å². The number of aryl methyl sites for hydroxylation is 1. The largest absolute Gasteiger partial charge is 0.412 e. The Morgan fingerprint density at radius 2 is 2.00 bits per heavy atom. The molecule has 3 aromatic rings. The second kappa shape index (κ2) is 11.3. The molecular weight excluding hydrogens is 412 g/mol. The SMILES string of the molecule is CCCCc1ccc(OC(=O)NCC(C)C(=O)Oc2csc(-c3c[c]ccc3)n2)cc1. The highest BCUT2D eigenvalue weighted by Crippen LogP contribution is 2.27. The van der Waals surface area contributed by atoms with Crippen LogP contribution in [0.1, 0.15) is 32.3 Å². The molecule has 0 spiro atoms. The lowest BCUT2D eigenvalue weighted by Gasteiger charge is -2.11. The number of unbranched alkanes of at least 4 members (excludes halogenated alkanes) is 1. The molecule has 0 saturated carbocycles. The van der Waals surface area contributed by atoms with Crippen LogP contribution < -0.4 is 14.8 Å². The zero-order chi connectivity index (χ0) is 22.1. The summed E-state index contributed by atoms with van der Waals surface area (Å²) in [6.45, 7) is 3.91. The van der Waals surface area contributed by atoms with Crippen LogP contribution in [0.25, 0.3) is 10.6 Å². The summed E-state index contributed by atoms with van der Waals surface area (Å²) in [4.78, 5) is 28.6. The van der Waals surface area contributed by atoms with E-state index in [1.165, 1.54) is 16.9 Å². The molecule has 161 valence electrons. The summed E-state index contributed by atoms with van der Waals surface area (Å²) in [5, 5.41) is 5.02. The van der Waals surface area contributed by atoms with Crippen molar-refractivity contribution in [3.8, 4) is 22.2 Å². The summed E-state index contributed by atoms with van der Waals surface area (Å²) in [7, 11) is 0. The van der Waals surface area contributed by atoms with Gasteiger partial charge in [-0.1, -0.05) is 50.6 Å². The fourth-order valence-corrected chi connectivity index (χ4v) is 3.46. The fraction of sp³-hybridized carbons (Fsp3) is 0.292. The molecule has 1 atom stereocenters. The quantitative estimate of drug-likeness (QED) is 0.461. The molecule has 0 fully saturated rings. The number of hydrogen-bond donors (Lipinski definition) is 1. The molecule has 1 N–H and O–H groups in total. The molecule has 1 radical (unpaired) electrons. The number of carbonyl (C=O) groups excluding carboxylic acids is 2. The highest BCUT2D eigenvalue weighted by molar-refractivity contribution is 7.13. The van der Waals surface area contributed by atoms with E-state index in [1.807, 2.05) is 30.3 Å². The lowest BCUT2D eigenvalue weighted by Crippen LogP contribution is -2.35. The van der Waals surface area contributed by atoms with Crippen molar-refractivity contribution < 1.29 is 19.1 Å². The number of nitrogens with zero attached hydrogens (tertiary/aromatic N) is 1. The van der Waals surface area contributed by atoms with Gasteiger partial charge in [0, 0.05) is 12.1 Å². The van der Waals surface area contributed by atoms with E-state index in [2.05, 4.69) is 23.3 Å². The third kappa shape index (κ3) is 6.93. The number of ether oxygens (including phenoxy) is 2. The minimum Gasteiger partial charge on any atom is -0.410 e. The van der Waals surface area contributed by atoms with Gasteiger partial charge in [-0.15, -0.1) is 11.3 Å². The highest BCUT2D eigenvalue weighted by Gasteiger charge is 2.18. The Balaban J connectivity index is 1.43. The molecule has 0 aliphatic rings. The summed E-state index contributed by atoms with van der Waals surface area (Å²) < 4.78 is 10.6. The first-order valence-corrected chi connectivity index (χ1v) is 11.1. The van der Waals surface area contributed by atoms with Gasteiger partial charge in [-0.25, -0.2) is 9.78 Å². The van der Waals surface area contributed by atoms with Crippen molar-refractivity contribution in [2.24, 2.45) is 5.92 Å². The predicted molar refractivity (Wildman–Crippen MR) is 120 cm³/mol. The van der Waals surface area contributed by atoms with Crippen LogP contribution in [0.3, 0.4) is 0 Å². The molecule has 0 bridgehead atoms. The van der Waals surface area contributed by atoms with E-state index in [0.717, 1.165) is 29.8 Å². The standard InChI is InChI=1S/C24H25N2O4S/c1-3-4-8-18-11-13-20(14-12-18)29-24(28)25-15-17(2)23(27)30-21-16-31-22(26-21)19-9-6-5-7-10-19/h5-6,9-14,16-17H,3-4,8,15H2,1-2H3,(H,25,28). The minimum atomic E-state index is -0.614. The number of benzene rings is 2. The van der Waals surface area contributed by atoms with Crippen LogP contribution >= 0.6 is 11.3 Å². The van der Waals surface area contributed by atoms with Crippen LogP contribution in [0.15, 0.2) is 53.9 Å². The predicted octanol–water partition coefficient (Wildman–Crippen LogP) is 5.28. The van der Waals surface area contributed by atoms with E-state index in [4.69, 9.17) is 9.47 Å². The van der Waals surface area contributed by atoms with E-state index in [0.29, 0.717) is 5.75 Å². The Morgan fingerprint density at radius 1 is 1.19 bits per heavy atom. The maximum absolute atomic E-state index is 12.3. The number of rotatable bonds is 9. The van der Waals surface area contributed by atoms with Crippen molar-refractivity contribution in [2.45, 2.75) is 33.1 Å². The minimum absolute atomic E-state index is 0.0941. The second-order valence-electron chi connectivity index (χ2n) is 7.12. The topological polar surface area (TPSA) is 77.5 Å². The van der Waals surface area contributed by atoms with Crippen LogP contribution in [0.4, 0.5) is 4.79 Å². The average Bonchev–Trinajstić information content (AvgIpc) is 3.26. The number of thiazole rings is 1. The summed E-state index contributed by atoms with van der Waals surface area (Å²) in [6.07, 6.45) is 2.66. The molecule has 7 heteroatoms. The number of carbonyl (C=O) groups is 2. The van der Waals surface area contributed by atoms with E-state index >= 15 is 0 Å². The fourth-order valence-electron chi connectivity index (χ4n) is 2.74. The van der Waals surface area contributed by atoms with Crippen LogP contribution in [-0.2, 0) is 11.2 Å². The number of aromatic nitrogens is 1. The zero-order valence-electron chi connectivity index (χ0n) is 17.6. The second-order valence-corrected chi connectivity index (χ2v) is 7.98. The van der Waals surface area contributed by atoms with Crippen LogP contribution in [0.2, 0.25) is 0 Å². The molecule has 2 aromatic carbocycles. The van der Waals surface area contributed by atoms with Crippen LogP contribution in [-0.4, -0.2) is 23.6 Å². The van der Waals surface area contributed by atoms with Crippen molar-refractivity contribution >= 4 is 23.4 Å². The molecule has 1 aromatic heterocycles. The summed E-state index contributed by atoms with van der Waals surface area (Å²) in [5.74, 6) is -0.330. The Morgan fingerprint density at radius 3 is 2.71 bits per heavy atom. The lowest BCUT2D eigenvalue weighted by atomic mass is 10.1. The molecular formula is C24H25N2O4S. The van der Waals surface area contributed by atoms with Crippen LogP contribution in [0, 0.1) is 12.0 Å². The van der Waals surface area contributed by atoms with Crippen molar-refractivity contribution in [2.75, 3.05) is 6.54 Å². The molecule has 1 unspecified atom stereocenters. The Hall–Kier alpha value is -3.19. The maximum atomic E-state index is 12.3. The molecule has 0 saturated heterocycles. The zero-order valence-corrected chi connectivity index (χ0v) is 18.4. The molecule has 6 nitrogen and oxygen atoms in total.